The standard InChI is InChI=1S/C25H20ClN5O2.CH4/c1-15(32)29-19-6-4-5-17(12-19)24-20-9-8-18(27-2)13-21(20)25(31-30-24)28-14-16-7-10-23(33-3)22(26)11-16;/h4-13H,14H2,1,3H3,(H,28,31)(H,29,32);1H4. The zero-order valence-electron chi connectivity index (χ0n) is 18.0. The van der Waals surface area contributed by atoms with Gasteiger partial charge in [0.2, 0.25) is 5.91 Å². The number of carbonyl (C=O) groups is 1. The molecule has 172 valence electrons. The minimum absolute atomic E-state index is 0. The summed E-state index contributed by atoms with van der Waals surface area (Å²) in [6, 6.07) is 18.4. The van der Waals surface area contributed by atoms with Gasteiger partial charge in [0.05, 0.1) is 18.7 Å². The van der Waals surface area contributed by atoms with Gasteiger partial charge in [-0.25, -0.2) is 4.85 Å². The SMILES string of the molecule is C.[C-]#[N+]c1ccc2c(-c3cccc(NC(C)=O)c3)nnc(NCc3ccc(OC)c(Cl)c3)c2c1. The number of anilines is 2. The molecule has 34 heavy (non-hydrogen) atoms. The molecule has 0 atom stereocenters. The minimum atomic E-state index is -0.150. The molecular formula is C26H24ClN5O2. The molecule has 0 aliphatic rings. The van der Waals surface area contributed by atoms with E-state index in [1.807, 2.05) is 48.5 Å². The number of halogens is 1. The Morgan fingerprint density at radius 2 is 1.91 bits per heavy atom. The van der Waals surface area contributed by atoms with Gasteiger partial charge in [-0.15, -0.1) is 10.2 Å². The molecule has 0 aliphatic heterocycles. The predicted molar refractivity (Wildman–Crippen MR) is 138 cm³/mol. The molecule has 0 bridgehead atoms. The third kappa shape index (κ3) is 5.25. The van der Waals surface area contributed by atoms with Crippen LogP contribution in [0.15, 0.2) is 60.7 Å². The number of methoxy groups -OCH3 is 1. The topological polar surface area (TPSA) is 80.5 Å². The Morgan fingerprint density at radius 1 is 1.09 bits per heavy atom. The number of nitrogens with one attached hydrogen (secondary N) is 2. The fraction of sp³-hybridized carbons (Fsp3) is 0.154. The van der Waals surface area contributed by atoms with Gasteiger partial charge < -0.3 is 15.4 Å². The highest BCUT2D eigenvalue weighted by atomic mass is 35.5. The van der Waals surface area contributed by atoms with Crippen molar-refractivity contribution in [2.75, 3.05) is 17.7 Å². The second kappa shape index (κ2) is 10.6. The molecule has 0 fully saturated rings. The van der Waals surface area contributed by atoms with Crippen LogP contribution in [0, 0.1) is 6.57 Å². The summed E-state index contributed by atoms with van der Waals surface area (Å²) in [5, 5.41) is 17.1. The summed E-state index contributed by atoms with van der Waals surface area (Å²) in [5.41, 5.74) is 3.59. The molecule has 1 heterocycles. The van der Waals surface area contributed by atoms with Crippen LogP contribution in [0.4, 0.5) is 17.2 Å². The molecule has 0 radical (unpaired) electrons. The molecule has 7 nitrogen and oxygen atoms in total. The van der Waals surface area contributed by atoms with Crippen molar-refractivity contribution >= 4 is 45.5 Å². The molecule has 0 aliphatic carbocycles. The molecule has 4 rings (SSSR count). The van der Waals surface area contributed by atoms with Crippen LogP contribution in [0.2, 0.25) is 5.02 Å². The Kier molecular flexibility index (Phi) is 7.67. The maximum atomic E-state index is 11.4. The number of hydrogen-bond acceptors (Lipinski definition) is 5. The quantitative estimate of drug-likeness (QED) is 0.304. The number of carbonyl (C=O) groups excluding carboxylic acids is 1. The summed E-state index contributed by atoms with van der Waals surface area (Å²) in [6.45, 7) is 9.33. The fourth-order valence-electron chi connectivity index (χ4n) is 3.51. The first kappa shape index (κ1) is 24.5. The molecule has 0 unspecified atom stereocenters. The van der Waals surface area contributed by atoms with Crippen LogP contribution in [0.1, 0.15) is 19.9 Å². The number of aromatic nitrogens is 2. The average Bonchev–Trinajstić information content (AvgIpc) is 2.82. The number of ether oxygens (including phenoxy) is 1. The van der Waals surface area contributed by atoms with Crippen molar-refractivity contribution in [3.63, 3.8) is 0 Å². The summed E-state index contributed by atoms with van der Waals surface area (Å²) in [6.07, 6.45) is 0. The first-order valence-corrected chi connectivity index (χ1v) is 10.5. The Labute approximate surface area is 203 Å². The van der Waals surface area contributed by atoms with Crippen LogP contribution < -0.4 is 15.4 Å². The van der Waals surface area contributed by atoms with E-state index in [4.69, 9.17) is 22.9 Å². The third-order valence-corrected chi connectivity index (χ3v) is 5.32. The van der Waals surface area contributed by atoms with E-state index in [1.165, 1.54) is 6.92 Å². The van der Waals surface area contributed by atoms with Gasteiger partial charge in [-0.3, -0.25) is 4.79 Å². The van der Waals surface area contributed by atoms with Gasteiger partial charge in [-0.05, 0) is 35.9 Å². The summed E-state index contributed by atoms with van der Waals surface area (Å²) < 4.78 is 5.20. The Hall–Kier alpha value is -4.15. The van der Waals surface area contributed by atoms with Crippen molar-refractivity contribution in [3.8, 4) is 17.0 Å². The van der Waals surface area contributed by atoms with E-state index in [2.05, 4.69) is 25.7 Å². The lowest BCUT2D eigenvalue weighted by Gasteiger charge is -2.13. The van der Waals surface area contributed by atoms with E-state index in [9.17, 15) is 4.79 Å². The molecule has 1 aromatic heterocycles. The highest BCUT2D eigenvalue weighted by Crippen LogP contribution is 2.34. The van der Waals surface area contributed by atoms with Gasteiger partial charge in [0.25, 0.3) is 0 Å². The lowest BCUT2D eigenvalue weighted by molar-refractivity contribution is -0.114. The molecule has 3 aromatic carbocycles. The first-order valence-electron chi connectivity index (χ1n) is 10.1. The van der Waals surface area contributed by atoms with Gasteiger partial charge in [0.1, 0.15) is 11.4 Å². The number of benzene rings is 3. The molecular weight excluding hydrogens is 450 g/mol. The normalized spacial score (nSPS) is 10.2. The van der Waals surface area contributed by atoms with Crippen molar-refractivity contribution in [2.24, 2.45) is 0 Å². The van der Waals surface area contributed by atoms with Crippen LogP contribution >= 0.6 is 11.6 Å². The van der Waals surface area contributed by atoms with Crippen LogP contribution in [0.5, 0.6) is 5.75 Å². The van der Waals surface area contributed by atoms with E-state index >= 15 is 0 Å². The maximum absolute atomic E-state index is 11.4. The maximum Gasteiger partial charge on any atom is 0.221 e. The first-order chi connectivity index (χ1) is 16.0. The van der Waals surface area contributed by atoms with E-state index in [-0.39, 0.29) is 13.3 Å². The Balaban J connectivity index is 0.00000324. The number of amides is 1. The summed E-state index contributed by atoms with van der Waals surface area (Å²) in [7, 11) is 1.57. The van der Waals surface area contributed by atoms with Crippen LogP contribution in [0.3, 0.4) is 0 Å². The number of rotatable bonds is 6. The second-order valence-electron chi connectivity index (χ2n) is 7.32. The lowest BCUT2D eigenvalue weighted by Crippen LogP contribution is -2.06. The van der Waals surface area contributed by atoms with E-state index in [1.54, 1.807) is 19.2 Å². The highest BCUT2D eigenvalue weighted by molar-refractivity contribution is 6.32. The summed E-state index contributed by atoms with van der Waals surface area (Å²) in [5.74, 6) is 1.02. The molecule has 2 N–H and O–H groups in total. The zero-order chi connectivity index (χ0) is 23.4. The fourth-order valence-corrected chi connectivity index (χ4v) is 3.79. The number of hydrogen-bond donors (Lipinski definition) is 2. The number of fused-ring (bicyclic) bond motifs is 1. The van der Waals surface area contributed by atoms with Gasteiger partial charge in [-0.1, -0.05) is 49.4 Å². The summed E-state index contributed by atoms with van der Waals surface area (Å²) >= 11 is 6.24. The van der Waals surface area contributed by atoms with E-state index < -0.39 is 0 Å². The van der Waals surface area contributed by atoms with Crippen molar-refractivity contribution in [3.05, 3.63) is 82.7 Å². The predicted octanol–water partition coefficient (Wildman–Crippen LogP) is 6.72. The van der Waals surface area contributed by atoms with Crippen LogP contribution in [-0.4, -0.2) is 23.2 Å². The second-order valence-corrected chi connectivity index (χ2v) is 7.73. The minimum Gasteiger partial charge on any atom is -0.495 e. The van der Waals surface area contributed by atoms with Crippen LogP contribution in [0.25, 0.3) is 26.9 Å². The molecule has 1 amide bonds. The lowest BCUT2D eigenvalue weighted by atomic mass is 10.0. The van der Waals surface area contributed by atoms with Gasteiger partial charge in [-0.2, -0.15) is 0 Å². The largest absolute Gasteiger partial charge is 0.495 e. The third-order valence-electron chi connectivity index (χ3n) is 5.03. The van der Waals surface area contributed by atoms with Gasteiger partial charge in [0.15, 0.2) is 11.5 Å². The van der Waals surface area contributed by atoms with Crippen molar-refractivity contribution in [1.82, 2.24) is 10.2 Å². The smallest absolute Gasteiger partial charge is 0.221 e. The zero-order valence-corrected chi connectivity index (χ0v) is 18.8. The summed E-state index contributed by atoms with van der Waals surface area (Å²) in [4.78, 5) is 15.0. The Morgan fingerprint density at radius 3 is 2.62 bits per heavy atom. The Bertz CT molecular complexity index is 1400. The monoisotopic (exact) mass is 473 g/mol. The van der Waals surface area contributed by atoms with Crippen molar-refractivity contribution in [2.45, 2.75) is 20.9 Å². The number of nitrogens with zero attached hydrogens (tertiary/aromatic N) is 3. The average molecular weight is 474 g/mol. The molecule has 0 spiro atoms. The van der Waals surface area contributed by atoms with Gasteiger partial charge >= 0.3 is 0 Å². The highest BCUT2D eigenvalue weighted by Gasteiger charge is 2.13. The van der Waals surface area contributed by atoms with E-state index in [0.717, 1.165) is 21.9 Å². The van der Waals surface area contributed by atoms with Gasteiger partial charge in [0, 0.05) is 35.5 Å². The van der Waals surface area contributed by atoms with E-state index in [0.29, 0.717) is 40.2 Å². The van der Waals surface area contributed by atoms with Crippen LogP contribution in [-0.2, 0) is 11.3 Å². The molecule has 0 saturated carbocycles. The molecule has 8 heteroatoms. The molecule has 4 aromatic rings. The van der Waals surface area contributed by atoms with Crippen molar-refractivity contribution < 1.29 is 9.53 Å². The van der Waals surface area contributed by atoms with Crippen molar-refractivity contribution in [1.29, 1.82) is 0 Å². The molecule has 0 saturated heterocycles.